The topological polar surface area (TPSA) is 38.3 Å². The monoisotopic (exact) mass is 283 g/mol. The lowest BCUT2D eigenvalue weighted by Gasteiger charge is -2.10. The minimum atomic E-state index is -0.0890. The zero-order valence-corrected chi connectivity index (χ0v) is 12.5. The molecule has 110 valence electrons. The molecular formula is C18H21NO2. The van der Waals surface area contributed by atoms with E-state index in [2.05, 4.69) is 19.2 Å². The summed E-state index contributed by atoms with van der Waals surface area (Å²) >= 11 is 0. The van der Waals surface area contributed by atoms with E-state index >= 15 is 0 Å². The highest BCUT2D eigenvalue weighted by Gasteiger charge is 2.07. The number of carbonyl (C=O) groups is 1. The van der Waals surface area contributed by atoms with Gasteiger partial charge in [-0.05, 0) is 29.7 Å². The molecule has 2 aromatic rings. The molecule has 2 rings (SSSR count). The van der Waals surface area contributed by atoms with Gasteiger partial charge in [0, 0.05) is 12.1 Å². The van der Waals surface area contributed by atoms with Crippen molar-refractivity contribution in [3.8, 4) is 5.75 Å². The molecule has 0 aliphatic heterocycles. The Labute approximate surface area is 126 Å². The minimum absolute atomic E-state index is 0.0890. The average molecular weight is 283 g/mol. The fourth-order valence-corrected chi connectivity index (χ4v) is 1.87. The highest BCUT2D eigenvalue weighted by atomic mass is 16.5. The Hall–Kier alpha value is -2.29. The molecular weight excluding hydrogens is 262 g/mol. The highest BCUT2D eigenvalue weighted by molar-refractivity contribution is 5.94. The minimum Gasteiger partial charge on any atom is -0.493 e. The molecule has 0 aromatic heterocycles. The fourth-order valence-electron chi connectivity index (χ4n) is 1.87. The van der Waals surface area contributed by atoms with Crippen LogP contribution < -0.4 is 10.1 Å². The smallest absolute Gasteiger partial charge is 0.251 e. The fraction of sp³-hybridized carbons (Fsp3) is 0.278. The van der Waals surface area contributed by atoms with Gasteiger partial charge < -0.3 is 10.1 Å². The molecule has 0 unspecified atom stereocenters. The lowest BCUT2D eigenvalue weighted by atomic mass is 10.2. The summed E-state index contributed by atoms with van der Waals surface area (Å²) in [5.74, 6) is 1.10. The van der Waals surface area contributed by atoms with Crippen LogP contribution in [0, 0.1) is 5.92 Å². The van der Waals surface area contributed by atoms with E-state index in [-0.39, 0.29) is 5.91 Å². The van der Waals surface area contributed by atoms with Gasteiger partial charge in [-0.3, -0.25) is 4.79 Å². The summed E-state index contributed by atoms with van der Waals surface area (Å²) in [6, 6.07) is 17.1. The van der Waals surface area contributed by atoms with E-state index in [4.69, 9.17) is 4.74 Å². The zero-order chi connectivity index (χ0) is 15.1. The van der Waals surface area contributed by atoms with Gasteiger partial charge in [-0.25, -0.2) is 0 Å². The Balaban J connectivity index is 1.94. The number of carbonyl (C=O) groups excluding carboxylic acids is 1. The summed E-state index contributed by atoms with van der Waals surface area (Å²) in [6.45, 7) is 5.36. The number of rotatable bonds is 6. The van der Waals surface area contributed by atoms with Crippen LogP contribution in [0.2, 0.25) is 0 Å². The third-order valence-electron chi connectivity index (χ3n) is 2.98. The molecule has 2 aromatic carbocycles. The second-order valence-electron chi connectivity index (χ2n) is 5.40. The predicted molar refractivity (Wildman–Crippen MR) is 84.4 cm³/mol. The predicted octanol–water partition coefficient (Wildman–Crippen LogP) is 3.65. The van der Waals surface area contributed by atoms with Crippen LogP contribution in [0.4, 0.5) is 0 Å². The summed E-state index contributed by atoms with van der Waals surface area (Å²) < 4.78 is 5.64. The molecule has 0 heterocycles. The maximum atomic E-state index is 12.1. The van der Waals surface area contributed by atoms with Crippen LogP contribution in [0.15, 0.2) is 54.6 Å². The quantitative estimate of drug-likeness (QED) is 0.878. The largest absolute Gasteiger partial charge is 0.493 e. The van der Waals surface area contributed by atoms with Crippen molar-refractivity contribution in [2.24, 2.45) is 5.92 Å². The van der Waals surface area contributed by atoms with Crippen LogP contribution in [0.5, 0.6) is 5.75 Å². The van der Waals surface area contributed by atoms with E-state index in [0.29, 0.717) is 24.6 Å². The number of ether oxygens (including phenoxy) is 1. The van der Waals surface area contributed by atoms with Crippen molar-refractivity contribution in [3.05, 3.63) is 65.7 Å². The Morgan fingerprint density at radius 3 is 2.57 bits per heavy atom. The maximum Gasteiger partial charge on any atom is 0.251 e. The third kappa shape index (κ3) is 4.95. The third-order valence-corrected chi connectivity index (χ3v) is 2.98. The Kier molecular flexibility index (Phi) is 5.38. The zero-order valence-electron chi connectivity index (χ0n) is 12.5. The molecule has 0 aliphatic rings. The molecule has 21 heavy (non-hydrogen) atoms. The molecule has 0 fully saturated rings. The molecule has 0 radical (unpaired) electrons. The van der Waals surface area contributed by atoms with Gasteiger partial charge in [0.2, 0.25) is 0 Å². The number of amides is 1. The first-order valence-corrected chi connectivity index (χ1v) is 7.20. The number of hydrogen-bond donors (Lipinski definition) is 1. The first-order valence-electron chi connectivity index (χ1n) is 7.20. The summed E-state index contributed by atoms with van der Waals surface area (Å²) in [5, 5.41) is 2.91. The van der Waals surface area contributed by atoms with E-state index < -0.39 is 0 Å². The Morgan fingerprint density at radius 2 is 1.86 bits per heavy atom. The van der Waals surface area contributed by atoms with Gasteiger partial charge in [-0.2, -0.15) is 0 Å². The van der Waals surface area contributed by atoms with Crippen molar-refractivity contribution in [1.29, 1.82) is 0 Å². The molecule has 0 saturated heterocycles. The van der Waals surface area contributed by atoms with Gasteiger partial charge in [0.25, 0.3) is 5.91 Å². The number of nitrogens with one attached hydrogen (secondary N) is 1. The number of hydrogen-bond acceptors (Lipinski definition) is 2. The van der Waals surface area contributed by atoms with Crippen LogP contribution in [-0.2, 0) is 6.54 Å². The molecule has 3 heteroatoms. The van der Waals surface area contributed by atoms with Gasteiger partial charge in [0.05, 0.1) is 6.61 Å². The van der Waals surface area contributed by atoms with Crippen LogP contribution in [0.25, 0.3) is 0 Å². The second kappa shape index (κ2) is 7.48. The van der Waals surface area contributed by atoms with Gasteiger partial charge >= 0.3 is 0 Å². The van der Waals surface area contributed by atoms with E-state index in [9.17, 15) is 4.79 Å². The molecule has 0 spiro atoms. The van der Waals surface area contributed by atoms with Gasteiger partial charge in [0.1, 0.15) is 5.75 Å². The maximum absolute atomic E-state index is 12.1. The molecule has 0 atom stereocenters. The SMILES string of the molecule is CC(C)COc1cccc(C(=O)NCc2ccccc2)c1. The van der Waals surface area contributed by atoms with Crippen molar-refractivity contribution in [1.82, 2.24) is 5.32 Å². The molecule has 1 N–H and O–H groups in total. The van der Waals surface area contributed by atoms with Gasteiger partial charge in [0.15, 0.2) is 0 Å². The van der Waals surface area contributed by atoms with E-state index in [1.54, 1.807) is 12.1 Å². The van der Waals surface area contributed by atoms with Crippen molar-refractivity contribution in [3.63, 3.8) is 0 Å². The van der Waals surface area contributed by atoms with Gasteiger partial charge in [-0.15, -0.1) is 0 Å². The van der Waals surface area contributed by atoms with Crippen molar-refractivity contribution < 1.29 is 9.53 Å². The van der Waals surface area contributed by atoms with E-state index in [1.807, 2.05) is 42.5 Å². The first-order chi connectivity index (χ1) is 10.1. The van der Waals surface area contributed by atoms with Crippen LogP contribution in [0.3, 0.4) is 0 Å². The molecule has 0 saturated carbocycles. The molecule has 1 amide bonds. The Morgan fingerprint density at radius 1 is 1.10 bits per heavy atom. The van der Waals surface area contributed by atoms with E-state index in [0.717, 1.165) is 11.3 Å². The standard InChI is InChI=1S/C18H21NO2/c1-14(2)13-21-17-10-6-9-16(11-17)18(20)19-12-15-7-4-3-5-8-15/h3-11,14H,12-13H2,1-2H3,(H,19,20). The normalized spacial score (nSPS) is 10.4. The highest BCUT2D eigenvalue weighted by Crippen LogP contribution is 2.14. The van der Waals surface area contributed by atoms with Crippen LogP contribution in [0.1, 0.15) is 29.8 Å². The summed E-state index contributed by atoms with van der Waals surface area (Å²) in [5.41, 5.74) is 1.70. The molecule has 3 nitrogen and oxygen atoms in total. The van der Waals surface area contributed by atoms with Gasteiger partial charge in [-0.1, -0.05) is 50.2 Å². The molecule has 0 aliphatic carbocycles. The van der Waals surface area contributed by atoms with Crippen molar-refractivity contribution >= 4 is 5.91 Å². The number of benzene rings is 2. The second-order valence-corrected chi connectivity index (χ2v) is 5.40. The van der Waals surface area contributed by atoms with Crippen LogP contribution in [-0.4, -0.2) is 12.5 Å². The lowest BCUT2D eigenvalue weighted by molar-refractivity contribution is 0.0950. The van der Waals surface area contributed by atoms with Crippen molar-refractivity contribution in [2.45, 2.75) is 20.4 Å². The van der Waals surface area contributed by atoms with Crippen molar-refractivity contribution in [2.75, 3.05) is 6.61 Å². The first kappa shape index (κ1) is 15.1. The average Bonchev–Trinajstić information content (AvgIpc) is 2.52. The Bertz CT molecular complexity index is 579. The summed E-state index contributed by atoms with van der Waals surface area (Å²) in [4.78, 5) is 12.1. The lowest BCUT2D eigenvalue weighted by Crippen LogP contribution is -2.22. The molecule has 0 bridgehead atoms. The summed E-state index contributed by atoms with van der Waals surface area (Å²) in [6.07, 6.45) is 0. The summed E-state index contributed by atoms with van der Waals surface area (Å²) in [7, 11) is 0. The van der Waals surface area contributed by atoms with Crippen LogP contribution >= 0.6 is 0 Å². The van der Waals surface area contributed by atoms with E-state index in [1.165, 1.54) is 0 Å².